The Morgan fingerprint density at radius 2 is 1.55 bits per heavy atom. The van der Waals surface area contributed by atoms with Gasteiger partial charge in [0.2, 0.25) is 10.0 Å². The molecule has 1 amide bonds. The van der Waals surface area contributed by atoms with Gasteiger partial charge in [-0.05, 0) is 19.1 Å². The number of rotatable bonds is 3. The number of aliphatic carboxylic acids is 1. The lowest BCUT2D eigenvalue weighted by molar-refractivity contribution is -0.192. The molecule has 2 N–H and O–H groups in total. The molecular weight excluding hydrogens is 331 g/mol. The van der Waals surface area contributed by atoms with Gasteiger partial charge >= 0.3 is 18.2 Å². The Kier molecular flexibility index (Phi) is 6.84. The number of amides is 1. The van der Waals surface area contributed by atoms with E-state index in [-0.39, 0.29) is 11.4 Å². The van der Waals surface area contributed by atoms with Crippen molar-refractivity contribution in [1.82, 2.24) is 0 Å². The van der Waals surface area contributed by atoms with Crippen molar-refractivity contribution in [3.05, 3.63) is 30.3 Å². The molecule has 124 valence electrons. The maximum absolute atomic E-state index is 11.5. The van der Waals surface area contributed by atoms with Crippen LogP contribution in [0.25, 0.3) is 0 Å². The molecule has 0 heterocycles. The van der Waals surface area contributed by atoms with Gasteiger partial charge in [-0.15, -0.1) is 0 Å². The van der Waals surface area contributed by atoms with E-state index in [0.29, 0.717) is 4.31 Å². The van der Waals surface area contributed by atoms with Crippen molar-refractivity contribution in [2.24, 2.45) is 0 Å². The lowest BCUT2D eigenvalue weighted by Gasteiger charge is -2.17. The maximum atomic E-state index is 11.5. The third-order valence-electron chi connectivity index (χ3n) is 2.05. The first-order chi connectivity index (χ1) is 9.93. The van der Waals surface area contributed by atoms with Crippen LogP contribution in [0.5, 0.6) is 0 Å². The number of halogens is 3. The maximum Gasteiger partial charge on any atom is 0.490 e. The summed E-state index contributed by atoms with van der Waals surface area (Å²) in [6, 6.07) is 7.71. The Morgan fingerprint density at radius 1 is 1.14 bits per heavy atom. The van der Waals surface area contributed by atoms with Crippen LogP contribution in [0.2, 0.25) is 0 Å². The second kappa shape index (κ2) is 7.64. The fourth-order valence-corrected chi connectivity index (χ4v) is 2.02. The number of carbonyl (C=O) groups is 2. The fourth-order valence-electron chi connectivity index (χ4n) is 1.08. The number of para-hydroxylation sites is 1. The summed E-state index contributed by atoms with van der Waals surface area (Å²) in [7, 11) is -3.78. The molecule has 0 saturated carbocycles. The summed E-state index contributed by atoms with van der Waals surface area (Å²) in [5.41, 5.74) is 0.131. The highest BCUT2D eigenvalue weighted by Crippen LogP contribution is 2.17. The molecule has 0 fully saturated rings. The van der Waals surface area contributed by atoms with Crippen molar-refractivity contribution in [1.29, 1.82) is 0 Å². The van der Waals surface area contributed by atoms with Crippen LogP contribution in [-0.4, -0.2) is 42.6 Å². The van der Waals surface area contributed by atoms with Crippen molar-refractivity contribution >= 4 is 27.8 Å². The van der Waals surface area contributed by atoms with Crippen LogP contribution in [0, 0.1) is 0 Å². The fraction of sp³-hybridized carbons (Fsp3) is 0.273. The number of sulfonamides is 1. The van der Waals surface area contributed by atoms with E-state index < -0.39 is 28.3 Å². The first kappa shape index (κ1) is 19.7. The van der Waals surface area contributed by atoms with Crippen LogP contribution in [-0.2, 0) is 14.8 Å². The van der Waals surface area contributed by atoms with Crippen LogP contribution in [0.1, 0.15) is 6.92 Å². The van der Waals surface area contributed by atoms with E-state index in [1.165, 1.54) is 19.1 Å². The molecule has 0 bridgehead atoms. The number of alkyl halides is 3. The number of carboxylic acid groups (broad SMARTS) is 2. The molecule has 0 aliphatic carbocycles. The molecule has 0 atom stereocenters. The Balaban J connectivity index is 0.000000534. The van der Waals surface area contributed by atoms with Gasteiger partial charge in [0.05, 0.1) is 11.4 Å². The van der Waals surface area contributed by atoms with E-state index >= 15 is 0 Å². The number of carboxylic acids is 1. The quantitative estimate of drug-likeness (QED) is 0.870. The topological polar surface area (TPSA) is 112 Å². The minimum Gasteiger partial charge on any atom is -0.475 e. The van der Waals surface area contributed by atoms with Crippen molar-refractivity contribution in [2.75, 3.05) is 10.1 Å². The molecule has 0 spiro atoms. The van der Waals surface area contributed by atoms with E-state index in [4.69, 9.17) is 15.0 Å². The zero-order chi connectivity index (χ0) is 17.6. The van der Waals surface area contributed by atoms with E-state index in [9.17, 15) is 26.4 Å². The summed E-state index contributed by atoms with van der Waals surface area (Å²) in [5.74, 6) is -3.01. The van der Waals surface area contributed by atoms with Gasteiger partial charge in [-0.1, -0.05) is 18.2 Å². The van der Waals surface area contributed by atoms with Crippen molar-refractivity contribution in [2.45, 2.75) is 13.1 Å². The third kappa shape index (κ3) is 5.99. The minimum absolute atomic E-state index is 0.131. The SMILES string of the molecule is CCS(=O)(=O)N(C(=O)O)c1ccccc1.O=C(O)C(F)(F)F. The first-order valence-corrected chi connectivity index (χ1v) is 7.15. The van der Waals surface area contributed by atoms with Crippen LogP contribution >= 0.6 is 0 Å². The number of hydrogen-bond acceptors (Lipinski definition) is 4. The van der Waals surface area contributed by atoms with E-state index in [0.717, 1.165) is 0 Å². The average molecular weight is 343 g/mol. The highest BCUT2D eigenvalue weighted by molar-refractivity contribution is 7.93. The van der Waals surface area contributed by atoms with Crippen LogP contribution in [0.15, 0.2) is 30.3 Å². The molecule has 0 radical (unpaired) electrons. The van der Waals surface area contributed by atoms with Gasteiger partial charge in [0.15, 0.2) is 0 Å². The molecule has 0 unspecified atom stereocenters. The molecule has 0 aliphatic rings. The molecular formula is C11H12F3NO6S. The number of nitrogens with zero attached hydrogens (tertiary/aromatic N) is 1. The molecule has 1 aromatic carbocycles. The molecule has 1 aromatic rings. The van der Waals surface area contributed by atoms with Gasteiger partial charge in [-0.3, -0.25) is 0 Å². The van der Waals surface area contributed by atoms with E-state index in [2.05, 4.69) is 0 Å². The van der Waals surface area contributed by atoms with Crippen molar-refractivity contribution in [3.63, 3.8) is 0 Å². The first-order valence-electron chi connectivity index (χ1n) is 5.54. The Hall–Kier alpha value is -2.30. The van der Waals surface area contributed by atoms with Crippen LogP contribution in [0.3, 0.4) is 0 Å². The smallest absolute Gasteiger partial charge is 0.475 e. The average Bonchev–Trinajstić information content (AvgIpc) is 2.39. The highest BCUT2D eigenvalue weighted by atomic mass is 32.2. The molecule has 1 rings (SSSR count). The molecule has 0 aromatic heterocycles. The van der Waals surface area contributed by atoms with Gasteiger partial charge in [-0.25, -0.2) is 18.0 Å². The second-order valence-electron chi connectivity index (χ2n) is 3.59. The second-order valence-corrected chi connectivity index (χ2v) is 5.69. The Morgan fingerprint density at radius 3 is 1.82 bits per heavy atom. The van der Waals surface area contributed by atoms with Gasteiger partial charge in [0.25, 0.3) is 0 Å². The molecule has 22 heavy (non-hydrogen) atoms. The largest absolute Gasteiger partial charge is 0.490 e. The Bertz CT molecular complexity index is 614. The standard InChI is InChI=1S/C9H11NO4S.C2HF3O2/c1-2-15(13,14)10(9(11)12)8-6-4-3-5-7-8;3-2(4,5)1(6)7/h3-7H,2H2,1H3,(H,11,12);(H,6,7). The zero-order valence-electron chi connectivity index (χ0n) is 11.1. The summed E-state index contributed by atoms with van der Waals surface area (Å²) in [4.78, 5) is 19.7. The summed E-state index contributed by atoms with van der Waals surface area (Å²) < 4.78 is 55.1. The predicted molar refractivity (Wildman–Crippen MR) is 70.1 cm³/mol. The molecule has 0 saturated heterocycles. The number of anilines is 1. The summed E-state index contributed by atoms with van der Waals surface area (Å²) in [6.07, 6.45) is -6.58. The van der Waals surface area contributed by atoms with Crippen molar-refractivity contribution in [3.8, 4) is 0 Å². The summed E-state index contributed by atoms with van der Waals surface area (Å²) in [6.45, 7) is 1.40. The third-order valence-corrected chi connectivity index (χ3v) is 3.70. The molecule has 7 nitrogen and oxygen atoms in total. The van der Waals surface area contributed by atoms with Gasteiger partial charge in [-0.2, -0.15) is 17.5 Å². The molecule has 11 heteroatoms. The lowest BCUT2D eigenvalue weighted by Crippen LogP contribution is -2.36. The van der Waals surface area contributed by atoms with E-state index in [1.54, 1.807) is 18.2 Å². The zero-order valence-corrected chi connectivity index (χ0v) is 11.9. The lowest BCUT2D eigenvalue weighted by atomic mass is 10.3. The van der Waals surface area contributed by atoms with E-state index in [1.807, 2.05) is 0 Å². The van der Waals surface area contributed by atoms with Crippen LogP contribution in [0.4, 0.5) is 23.7 Å². The monoisotopic (exact) mass is 343 g/mol. The minimum atomic E-state index is -5.08. The van der Waals surface area contributed by atoms with Crippen LogP contribution < -0.4 is 4.31 Å². The number of hydrogen-bond donors (Lipinski definition) is 2. The summed E-state index contributed by atoms with van der Waals surface area (Å²) >= 11 is 0. The van der Waals surface area contributed by atoms with Gasteiger partial charge < -0.3 is 10.2 Å². The highest BCUT2D eigenvalue weighted by Gasteiger charge is 2.38. The Labute approximate surface area is 123 Å². The van der Waals surface area contributed by atoms with Crippen molar-refractivity contribution < 1.29 is 41.4 Å². The van der Waals surface area contributed by atoms with Gasteiger partial charge in [0.1, 0.15) is 0 Å². The van der Waals surface area contributed by atoms with Gasteiger partial charge in [0, 0.05) is 0 Å². The predicted octanol–water partition coefficient (Wildman–Crippen LogP) is 2.15. The summed E-state index contributed by atoms with van der Waals surface area (Å²) in [5, 5.41) is 16.0. The number of benzene rings is 1. The molecule has 0 aliphatic heterocycles. The normalized spacial score (nSPS) is 11.1.